The lowest BCUT2D eigenvalue weighted by Crippen LogP contribution is -2.48. The van der Waals surface area contributed by atoms with Crippen LogP contribution < -0.4 is 4.90 Å². The van der Waals surface area contributed by atoms with Gasteiger partial charge in [-0.1, -0.05) is 30.0 Å². The van der Waals surface area contributed by atoms with Crippen LogP contribution in [0.15, 0.2) is 35.5 Å². The molecule has 6 nitrogen and oxygen atoms in total. The van der Waals surface area contributed by atoms with Crippen LogP contribution in [0.3, 0.4) is 0 Å². The molecule has 2 saturated heterocycles. The molecule has 29 heavy (non-hydrogen) atoms. The van der Waals surface area contributed by atoms with Gasteiger partial charge in [-0.2, -0.15) is 0 Å². The number of thioether (sulfide) groups is 1. The quantitative estimate of drug-likeness (QED) is 0.690. The maximum atomic E-state index is 13.0. The second kappa shape index (κ2) is 9.20. The van der Waals surface area contributed by atoms with E-state index in [0.29, 0.717) is 17.8 Å². The fourth-order valence-electron chi connectivity index (χ4n) is 4.57. The Hall–Kier alpha value is -2.02. The first-order valence-corrected chi connectivity index (χ1v) is 11.8. The number of likely N-dealkylation sites (tertiary alicyclic amines) is 1. The molecule has 1 aromatic carbocycles. The number of nitrogens with zero attached hydrogens (tertiary/aromatic N) is 5. The number of carbonyl (C=O) groups excluding carboxylic acids is 1. The highest BCUT2D eigenvalue weighted by atomic mass is 32.2. The Bertz CT molecular complexity index is 808. The lowest BCUT2D eigenvalue weighted by Gasteiger charge is -2.39. The van der Waals surface area contributed by atoms with Gasteiger partial charge in [-0.3, -0.25) is 9.36 Å². The average molecular weight is 414 g/mol. The van der Waals surface area contributed by atoms with Crippen molar-refractivity contribution in [1.82, 2.24) is 19.7 Å². The molecule has 1 amide bonds. The highest BCUT2D eigenvalue weighted by Crippen LogP contribution is 2.29. The summed E-state index contributed by atoms with van der Waals surface area (Å²) >= 11 is 1.50. The lowest BCUT2D eigenvalue weighted by atomic mass is 9.98. The summed E-state index contributed by atoms with van der Waals surface area (Å²) in [5.74, 6) is 1.50. The Morgan fingerprint density at radius 1 is 1.00 bits per heavy atom. The SMILES string of the molecule is C[C@@H]1CCC[C@H](C)N1C(=O)CSc1nnc(N2CCCCC2)n1-c1ccccc1. The highest BCUT2D eigenvalue weighted by molar-refractivity contribution is 7.99. The summed E-state index contributed by atoms with van der Waals surface area (Å²) in [7, 11) is 0. The van der Waals surface area contributed by atoms with Gasteiger partial charge in [0.15, 0.2) is 5.16 Å². The summed E-state index contributed by atoms with van der Waals surface area (Å²) in [6.45, 7) is 6.35. The topological polar surface area (TPSA) is 54.3 Å². The van der Waals surface area contributed by atoms with Gasteiger partial charge >= 0.3 is 0 Å². The Morgan fingerprint density at radius 3 is 2.38 bits per heavy atom. The summed E-state index contributed by atoms with van der Waals surface area (Å²) in [5, 5.41) is 9.81. The van der Waals surface area contributed by atoms with E-state index < -0.39 is 0 Å². The first-order valence-electron chi connectivity index (χ1n) is 10.8. The first kappa shape index (κ1) is 20.3. The van der Waals surface area contributed by atoms with Crippen LogP contribution in [0.25, 0.3) is 5.69 Å². The van der Waals surface area contributed by atoms with E-state index in [0.717, 1.165) is 42.7 Å². The second-order valence-electron chi connectivity index (χ2n) is 8.22. The van der Waals surface area contributed by atoms with Crippen molar-refractivity contribution in [3.05, 3.63) is 30.3 Å². The standard InChI is InChI=1S/C22H31N5OS/c1-17-10-9-11-18(2)26(17)20(28)16-29-22-24-23-21(25-14-7-4-8-15-25)27(22)19-12-5-3-6-13-19/h3,5-6,12-13,17-18H,4,7-11,14-16H2,1-2H3/t17-,18+. The van der Waals surface area contributed by atoms with Crippen molar-refractivity contribution in [1.29, 1.82) is 0 Å². The van der Waals surface area contributed by atoms with E-state index in [1.165, 1.54) is 37.4 Å². The number of amides is 1. The van der Waals surface area contributed by atoms with Crippen molar-refractivity contribution in [2.45, 2.75) is 69.6 Å². The molecular weight excluding hydrogens is 382 g/mol. The predicted molar refractivity (Wildman–Crippen MR) is 118 cm³/mol. The number of benzene rings is 1. The minimum Gasteiger partial charge on any atom is -0.341 e. The van der Waals surface area contributed by atoms with Gasteiger partial charge in [-0.25, -0.2) is 0 Å². The molecule has 0 bridgehead atoms. The van der Waals surface area contributed by atoms with Crippen LogP contribution in [0.1, 0.15) is 52.4 Å². The minimum atomic E-state index is 0.205. The normalized spacial score (nSPS) is 22.7. The summed E-state index contributed by atoms with van der Waals surface area (Å²) < 4.78 is 2.12. The number of aromatic nitrogens is 3. The van der Waals surface area contributed by atoms with Gasteiger partial charge < -0.3 is 9.80 Å². The van der Waals surface area contributed by atoms with Gasteiger partial charge in [0, 0.05) is 25.2 Å². The van der Waals surface area contributed by atoms with E-state index in [9.17, 15) is 4.79 Å². The molecule has 2 atom stereocenters. The Kier molecular flexibility index (Phi) is 6.43. The zero-order chi connectivity index (χ0) is 20.2. The number of hydrogen-bond acceptors (Lipinski definition) is 5. The smallest absolute Gasteiger partial charge is 0.233 e. The Labute approximate surface area is 177 Å². The van der Waals surface area contributed by atoms with Gasteiger partial charge in [0.05, 0.1) is 11.4 Å². The summed E-state index contributed by atoms with van der Waals surface area (Å²) in [4.78, 5) is 17.4. The largest absolute Gasteiger partial charge is 0.341 e. The molecule has 2 fully saturated rings. The molecule has 7 heteroatoms. The van der Waals surface area contributed by atoms with Gasteiger partial charge in [0.2, 0.25) is 11.9 Å². The fourth-order valence-corrected chi connectivity index (χ4v) is 5.39. The van der Waals surface area contributed by atoms with E-state index in [2.05, 4.69) is 50.5 Å². The van der Waals surface area contributed by atoms with E-state index in [1.54, 1.807) is 0 Å². The number of anilines is 1. The van der Waals surface area contributed by atoms with Crippen molar-refractivity contribution in [3.63, 3.8) is 0 Å². The number of piperidine rings is 2. The van der Waals surface area contributed by atoms with Crippen molar-refractivity contribution in [2.24, 2.45) is 0 Å². The predicted octanol–water partition coefficient (Wildman–Crippen LogP) is 4.14. The number of rotatable bonds is 5. The van der Waals surface area contributed by atoms with Crippen LogP contribution in [-0.4, -0.2) is 56.5 Å². The zero-order valence-electron chi connectivity index (χ0n) is 17.5. The number of carbonyl (C=O) groups is 1. The number of para-hydroxylation sites is 1. The average Bonchev–Trinajstić information content (AvgIpc) is 3.17. The van der Waals surface area contributed by atoms with Crippen LogP contribution in [0, 0.1) is 0 Å². The molecule has 4 rings (SSSR count). The molecule has 0 N–H and O–H groups in total. The molecule has 156 valence electrons. The molecule has 2 aromatic rings. The maximum absolute atomic E-state index is 13.0. The van der Waals surface area contributed by atoms with Crippen LogP contribution in [0.5, 0.6) is 0 Å². The molecule has 2 aliphatic rings. The molecule has 0 radical (unpaired) electrons. The molecule has 3 heterocycles. The highest BCUT2D eigenvalue weighted by Gasteiger charge is 2.29. The van der Waals surface area contributed by atoms with Crippen molar-refractivity contribution in [3.8, 4) is 5.69 Å². The van der Waals surface area contributed by atoms with Crippen molar-refractivity contribution in [2.75, 3.05) is 23.7 Å². The summed E-state index contributed by atoms with van der Waals surface area (Å²) in [6, 6.07) is 10.9. The molecule has 0 saturated carbocycles. The molecule has 2 aliphatic heterocycles. The van der Waals surface area contributed by atoms with Crippen molar-refractivity contribution < 1.29 is 4.79 Å². The molecule has 0 aliphatic carbocycles. The lowest BCUT2D eigenvalue weighted by molar-refractivity contribution is -0.134. The van der Waals surface area contributed by atoms with E-state index in [1.807, 2.05) is 18.2 Å². The maximum Gasteiger partial charge on any atom is 0.233 e. The van der Waals surface area contributed by atoms with E-state index in [4.69, 9.17) is 0 Å². The number of hydrogen-bond donors (Lipinski definition) is 0. The van der Waals surface area contributed by atoms with Gasteiger partial charge in [0.25, 0.3) is 0 Å². The van der Waals surface area contributed by atoms with Crippen LogP contribution in [0.2, 0.25) is 0 Å². The third kappa shape index (κ3) is 4.44. The molecular formula is C22H31N5OS. The Balaban J connectivity index is 1.55. The molecule has 1 aromatic heterocycles. The third-order valence-electron chi connectivity index (χ3n) is 6.08. The Morgan fingerprint density at radius 2 is 1.69 bits per heavy atom. The molecule has 0 unspecified atom stereocenters. The van der Waals surface area contributed by atoms with Crippen LogP contribution in [-0.2, 0) is 4.79 Å². The van der Waals surface area contributed by atoms with Crippen LogP contribution in [0.4, 0.5) is 5.95 Å². The van der Waals surface area contributed by atoms with Gasteiger partial charge in [-0.15, -0.1) is 10.2 Å². The first-order chi connectivity index (χ1) is 14.1. The second-order valence-corrected chi connectivity index (χ2v) is 9.16. The zero-order valence-corrected chi connectivity index (χ0v) is 18.3. The van der Waals surface area contributed by atoms with Crippen molar-refractivity contribution >= 4 is 23.6 Å². The minimum absolute atomic E-state index is 0.205. The van der Waals surface area contributed by atoms with E-state index >= 15 is 0 Å². The fraction of sp³-hybridized carbons (Fsp3) is 0.591. The van der Waals surface area contributed by atoms with Gasteiger partial charge in [0.1, 0.15) is 0 Å². The van der Waals surface area contributed by atoms with E-state index in [-0.39, 0.29) is 5.91 Å². The monoisotopic (exact) mass is 413 g/mol. The summed E-state index contributed by atoms with van der Waals surface area (Å²) in [6.07, 6.45) is 7.06. The molecule has 0 spiro atoms. The van der Waals surface area contributed by atoms with Crippen LogP contribution >= 0.6 is 11.8 Å². The summed E-state index contributed by atoms with van der Waals surface area (Å²) in [5.41, 5.74) is 1.05. The van der Waals surface area contributed by atoms with Gasteiger partial charge in [-0.05, 0) is 64.5 Å². The third-order valence-corrected chi connectivity index (χ3v) is 6.99.